The molecule has 16 heavy (non-hydrogen) atoms. The number of ether oxygens (including phenoxy) is 1. The van der Waals surface area contributed by atoms with Crippen molar-refractivity contribution in [1.82, 2.24) is 0 Å². The van der Waals surface area contributed by atoms with E-state index in [0.29, 0.717) is 10.7 Å². The predicted octanol–water partition coefficient (Wildman–Crippen LogP) is 3.83. The van der Waals surface area contributed by atoms with Gasteiger partial charge in [-0.05, 0) is 24.6 Å². The van der Waals surface area contributed by atoms with E-state index in [1.807, 2.05) is 18.2 Å². The van der Waals surface area contributed by atoms with Crippen molar-refractivity contribution in [2.45, 2.75) is 24.7 Å². The molecule has 0 saturated heterocycles. The van der Waals surface area contributed by atoms with Crippen LogP contribution < -0.4 is 5.73 Å². The zero-order valence-corrected chi connectivity index (χ0v) is 11.1. The highest BCUT2D eigenvalue weighted by Gasteiger charge is 1.99. The van der Waals surface area contributed by atoms with Crippen molar-refractivity contribution in [2.75, 3.05) is 24.7 Å². The fraction of sp³-hybridized carbons (Fsp3) is 0.500. The van der Waals surface area contributed by atoms with Gasteiger partial charge in [0.2, 0.25) is 0 Å². The number of hydrogen-bond acceptors (Lipinski definition) is 3. The van der Waals surface area contributed by atoms with Gasteiger partial charge in [0.05, 0.1) is 17.3 Å². The van der Waals surface area contributed by atoms with Crippen molar-refractivity contribution < 1.29 is 4.74 Å². The molecule has 0 saturated carbocycles. The molecule has 0 atom stereocenters. The molecule has 0 fully saturated rings. The largest absolute Gasteiger partial charge is 0.398 e. The minimum absolute atomic E-state index is 0.622. The van der Waals surface area contributed by atoms with E-state index >= 15 is 0 Å². The highest BCUT2D eigenvalue weighted by atomic mass is 35.5. The van der Waals surface area contributed by atoms with Gasteiger partial charge in [-0.2, -0.15) is 0 Å². The number of nitrogens with two attached hydrogens (primary N) is 1. The quantitative estimate of drug-likeness (QED) is 0.459. The SMILES string of the molecule is CCCCOCCSc1ccc(N)c(Cl)c1. The fourth-order valence-electron chi connectivity index (χ4n) is 1.16. The monoisotopic (exact) mass is 259 g/mol. The lowest BCUT2D eigenvalue weighted by atomic mass is 10.3. The van der Waals surface area contributed by atoms with Gasteiger partial charge < -0.3 is 10.5 Å². The normalized spacial score (nSPS) is 10.6. The van der Waals surface area contributed by atoms with Crippen molar-refractivity contribution in [2.24, 2.45) is 0 Å². The average Bonchev–Trinajstić information content (AvgIpc) is 2.28. The molecule has 1 aromatic rings. The third-order valence-electron chi connectivity index (χ3n) is 2.11. The summed E-state index contributed by atoms with van der Waals surface area (Å²) in [7, 11) is 0. The van der Waals surface area contributed by atoms with Gasteiger partial charge in [-0.25, -0.2) is 0 Å². The summed E-state index contributed by atoms with van der Waals surface area (Å²) in [5.41, 5.74) is 6.26. The van der Waals surface area contributed by atoms with Crippen molar-refractivity contribution in [3.63, 3.8) is 0 Å². The molecule has 0 unspecified atom stereocenters. The molecule has 0 radical (unpaired) electrons. The van der Waals surface area contributed by atoms with E-state index in [-0.39, 0.29) is 0 Å². The molecule has 0 spiro atoms. The third kappa shape index (κ3) is 5.10. The zero-order chi connectivity index (χ0) is 11.8. The number of nitrogen functional groups attached to an aromatic ring is 1. The van der Waals surface area contributed by atoms with Crippen LogP contribution in [-0.2, 0) is 4.74 Å². The van der Waals surface area contributed by atoms with Crippen LogP contribution in [0.2, 0.25) is 5.02 Å². The molecule has 0 aliphatic carbocycles. The molecule has 0 amide bonds. The second-order valence-electron chi connectivity index (χ2n) is 3.50. The molecule has 0 aliphatic heterocycles. The number of rotatable bonds is 7. The van der Waals surface area contributed by atoms with Crippen LogP contribution in [0.5, 0.6) is 0 Å². The van der Waals surface area contributed by atoms with Gasteiger partial charge in [0.1, 0.15) is 0 Å². The first-order valence-electron chi connectivity index (χ1n) is 5.49. The van der Waals surface area contributed by atoms with Crippen LogP contribution >= 0.6 is 23.4 Å². The molecule has 1 aromatic carbocycles. The Hall–Kier alpha value is -0.380. The molecule has 0 aliphatic rings. The minimum atomic E-state index is 0.622. The molecule has 4 heteroatoms. The third-order valence-corrected chi connectivity index (χ3v) is 3.40. The maximum atomic E-state index is 5.93. The Balaban J connectivity index is 2.19. The summed E-state index contributed by atoms with van der Waals surface area (Å²) in [5.74, 6) is 0.948. The molecule has 90 valence electrons. The summed E-state index contributed by atoms with van der Waals surface area (Å²) < 4.78 is 5.47. The summed E-state index contributed by atoms with van der Waals surface area (Å²) in [5, 5.41) is 0.622. The molecule has 2 N–H and O–H groups in total. The molecule has 0 bridgehead atoms. The van der Waals surface area contributed by atoms with Crippen LogP contribution in [0.15, 0.2) is 23.1 Å². The highest BCUT2D eigenvalue weighted by Crippen LogP contribution is 2.26. The Morgan fingerprint density at radius 1 is 1.38 bits per heavy atom. The summed E-state index contributed by atoms with van der Waals surface area (Å²) in [6.07, 6.45) is 2.32. The van der Waals surface area contributed by atoms with Gasteiger partial charge in [-0.1, -0.05) is 24.9 Å². The smallest absolute Gasteiger partial charge is 0.0646 e. The summed E-state index contributed by atoms with van der Waals surface area (Å²) in [6.45, 7) is 3.81. The van der Waals surface area contributed by atoms with E-state index < -0.39 is 0 Å². The Bertz CT molecular complexity index is 320. The van der Waals surface area contributed by atoms with Crippen LogP contribution in [0.25, 0.3) is 0 Å². The lowest BCUT2D eigenvalue weighted by Crippen LogP contribution is -1.98. The number of unbranched alkanes of at least 4 members (excludes halogenated alkanes) is 1. The average molecular weight is 260 g/mol. The second kappa shape index (κ2) is 7.82. The number of halogens is 1. The number of benzene rings is 1. The molecule has 0 aromatic heterocycles. The highest BCUT2D eigenvalue weighted by molar-refractivity contribution is 7.99. The van der Waals surface area contributed by atoms with Crippen LogP contribution in [-0.4, -0.2) is 19.0 Å². The van der Waals surface area contributed by atoms with E-state index in [0.717, 1.165) is 30.3 Å². The molecular formula is C12H18ClNOS. The first-order valence-corrected chi connectivity index (χ1v) is 6.86. The van der Waals surface area contributed by atoms with Gasteiger partial charge >= 0.3 is 0 Å². The maximum Gasteiger partial charge on any atom is 0.0646 e. The first kappa shape index (κ1) is 13.7. The molecular weight excluding hydrogens is 242 g/mol. The Morgan fingerprint density at radius 3 is 2.88 bits per heavy atom. The van der Waals surface area contributed by atoms with E-state index in [1.54, 1.807) is 11.8 Å². The minimum Gasteiger partial charge on any atom is -0.398 e. The van der Waals surface area contributed by atoms with Crippen LogP contribution in [0, 0.1) is 0 Å². The number of thioether (sulfide) groups is 1. The van der Waals surface area contributed by atoms with E-state index in [1.165, 1.54) is 6.42 Å². The first-order chi connectivity index (χ1) is 7.74. The Kier molecular flexibility index (Phi) is 6.69. The van der Waals surface area contributed by atoms with Gasteiger partial charge in [0.15, 0.2) is 0 Å². The summed E-state index contributed by atoms with van der Waals surface area (Å²) in [4.78, 5) is 1.14. The lowest BCUT2D eigenvalue weighted by molar-refractivity contribution is 0.147. The van der Waals surface area contributed by atoms with Crippen molar-refractivity contribution in [3.05, 3.63) is 23.2 Å². The summed E-state index contributed by atoms with van der Waals surface area (Å²) >= 11 is 7.66. The molecule has 2 nitrogen and oxygen atoms in total. The van der Waals surface area contributed by atoms with E-state index in [2.05, 4.69) is 6.92 Å². The van der Waals surface area contributed by atoms with Gasteiger partial charge in [0.25, 0.3) is 0 Å². The van der Waals surface area contributed by atoms with Crippen LogP contribution in [0.4, 0.5) is 5.69 Å². The molecule has 1 rings (SSSR count). The van der Waals surface area contributed by atoms with E-state index in [4.69, 9.17) is 22.1 Å². The van der Waals surface area contributed by atoms with Crippen LogP contribution in [0.1, 0.15) is 19.8 Å². The van der Waals surface area contributed by atoms with Crippen LogP contribution in [0.3, 0.4) is 0 Å². The van der Waals surface area contributed by atoms with Gasteiger partial charge in [-0.3, -0.25) is 0 Å². The zero-order valence-electron chi connectivity index (χ0n) is 9.54. The number of hydrogen-bond donors (Lipinski definition) is 1. The Morgan fingerprint density at radius 2 is 2.19 bits per heavy atom. The maximum absolute atomic E-state index is 5.93. The second-order valence-corrected chi connectivity index (χ2v) is 5.07. The topological polar surface area (TPSA) is 35.2 Å². The molecule has 0 heterocycles. The Labute approximate surface area is 107 Å². The number of anilines is 1. The van der Waals surface area contributed by atoms with Gasteiger partial charge in [0, 0.05) is 17.3 Å². The standard InChI is InChI=1S/C12H18ClNOS/c1-2-3-6-15-7-8-16-10-4-5-12(14)11(13)9-10/h4-5,9H,2-3,6-8,14H2,1H3. The van der Waals surface area contributed by atoms with Crippen molar-refractivity contribution in [3.8, 4) is 0 Å². The summed E-state index contributed by atoms with van der Waals surface area (Å²) in [6, 6.07) is 5.72. The lowest BCUT2D eigenvalue weighted by Gasteiger charge is -2.05. The predicted molar refractivity (Wildman–Crippen MR) is 72.3 cm³/mol. The van der Waals surface area contributed by atoms with Crippen molar-refractivity contribution in [1.29, 1.82) is 0 Å². The fourth-order valence-corrected chi connectivity index (χ4v) is 2.21. The van der Waals surface area contributed by atoms with E-state index in [9.17, 15) is 0 Å². The van der Waals surface area contributed by atoms with Gasteiger partial charge in [-0.15, -0.1) is 11.8 Å². The van der Waals surface area contributed by atoms with Crippen molar-refractivity contribution >= 4 is 29.1 Å².